The van der Waals surface area contributed by atoms with E-state index in [9.17, 15) is 24.3 Å². The fourth-order valence-corrected chi connectivity index (χ4v) is 4.10. The number of ether oxygens (including phenoxy) is 3. The average Bonchev–Trinajstić information content (AvgIpc) is 3.52. The lowest BCUT2D eigenvalue weighted by atomic mass is 10.1. The van der Waals surface area contributed by atoms with E-state index in [0.29, 0.717) is 35.4 Å². The second-order valence-electron chi connectivity index (χ2n) is 9.17. The third-order valence-corrected chi connectivity index (χ3v) is 5.99. The minimum atomic E-state index is -0.697. The molecule has 0 spiro atoms. The number of aromatic nitrogens is 4. The summed E-state index contributed by atoms with van der Waals surface area (Å²) >= 11 is 0. The van der Waals surface area contributed by atoms with Gasteiger partial charge in [0.15, 0.2) is 0 Å². The van der Waals surface area contributed by atoms with Crippen molar-refractivity contribution in [2.75, 3.05) is 38.3 Å². The number of nitrogens with zero attached hydrogens (tertiary/aromatic N) is 4. The maximum absolute atomic E-state index is 13.2. The Hall–Kier alpha value is -4.92. The van der Waals surface area contributed by atoms with E-state index in [-0.39, 0.29) is 63.2 Å². The van der Waals surface area contributed by atoms with E-state index in [4.69, 9.17) is 19.9 Å². The average molecular weight is 600 g/mol. The first kappa shape index (κ1) is 32.6. The minimum absolute atomic E-state index is 0.0221. The standard InChI is InChI=1S/C28H37N7O8/c1-4-35-21(15-18(3)33-35)26(39)32-27-31-20-16-19(25(29)38)17-22(24(20)34(27)11-6-7-12-36)42-13-8-14-43-28(40)30-10-9-23(37)41-5-2/h6-7,15-17,36H,4-5,8-14H2,1-3H3,(H2,29,38)(H,30,40)(H,31,32,39)/b7-6+. The number of imidazole rings is 1. The Labute approximate surface area is 248 Å². The van der Waals surface area contributed by atoms with Crippen molar-refractivity contribution in [1.29, 1.82) is 0 Å². The number of aliphatic hydroxyl groups excluding tert-OH is 1. The van der Waals surface area contributed by atoms with E-state index in [1.54, 1.807) is 41.3 Å². The molecule has 0 atom stereocenters. The van der Waals surface area contributed by atoms with Crippen LogP contribution in [0, 0.1) is 6.92 Å². The van der Waals surface area contributed by atoms with Gasteiger partial charge in [-0.25, -0.2) is 9.78 Å². The minimum Gasteiger partial charge on any atom is -0.491 e. The van der Waals surface area contributed by atoms with E-state index in [2.05, 4.69) is 20.7 Å². The lowest BCUT2D eigenvalue weighted by Crippen LogP contribution is -2.27. The Morgan fingerprint density at radius 1 is 1.09 bits per heavy atom. The molecule has 0 unspecified atom stereocenters. The molecule has 3 amide bonds. The number of anilines is 1. The number of nitrogens with two attached hydrogens (primary N) is 1. The number of alkyl carbamates (subject to hydrolysis) is 1. The molecule has 232 valence electrons. The number of primary amides is 1. The van der Waals surface area contributed by atoms with Crippen molar-refractivity contribution in [3.05, 3.63) is 47.3 Å². The van der Waals surface area contributed by atoms with Gasteiger partial charge in [0, 0.05) is 31.6 Å². The van der Waals surface area contributed by atoms with E-state index in [1.165, 1.54) is 12.1 Å². The molecule has 3 rings (SSSR count). The Kier molecular flexibility index (Phi) is 12.1. The Balaban J connectivity index is 1.78. The normalized spacial score (nSPS) is 11.1. The smallest absolute Gasteiger partial charge is 0.407 e. The summed E-state index contributed by atoms with van der Waals surface area (Å²) in [5, 5.41) is 18.9. The molecule has 15 nitrogen and oxygen atoms in total. The monoisotopic (exact) mass is 599 g/mol. The summed E-state index contributed by atoms with van der Waals surface area (Å²) in [6.07, 6.45) is 2.88. The number of hydrogen-bond acceptors (Lipinski definition) is 10. The molecule has 0 aliphatic carbocycles. The molecule has 0 bridgehead atoms. The van der Waals surface area contributed by atoms with Crippen LogP contribution in [-0.2, 0) is 27.4 Å². The number of aliphatic hydroxyl groups is 1. The summed E-state index contributed by atoms with van der Waals surface area (Å²) < 4.78 is 19.1. The van der Waals surface area contributed by atoms with Crippen molar-refractivity contribution in [2.24, 2.45) is 5.73 Å². The molecular formula is C28H37N7O8. The number of aryl methyl sites for hydroxylation is 2. The summed E-state index contributed by atoms with van der Waals surface area (Å²) in [6, 6.07) is 4.64. The van der Waals surface area contributed by atoms with Gasteiger partial charge in [0.25, 0.3) is 5.91 Å². The number of amides is 3. The molecule has 0 aliphatic heterocycles. The van der Waals surface area contributed by atoms with Gasteiger partial charge in [-0.15, -0.1) is 0 Å². The molecule has 1 aromatic carbocycles. The number of rotatable bonds is 16. The maximum atomic E-state index is 13.2. The van der Waals surface area contributed by atoms with Gasteiger partial charge in [-0.2, -0.15) is 5.10 Å². The molecular weight excluding hydrogens is 562 g/mol. The topological polar surface area (TPSA) is 202 Å². The van der Waals surface area contributed by atoms with Gasteiger partial charge in [0.2, 0.25) is 11.9 Å². The maximum Gasteiger partial charge on any atom is 0.407 e. The van der Waals surface area contributed by atoms with Gasteiger partial charge in [-0.05, 0) is 39.0 Å². The van der Waals surface area contributed by atoms with Crippen LogP contribution < -0.4 is 21.1 Å². The summed E-state index contributed by atoms with van der Waals surface area (Å²) in [7, 11) is 0. The molecule has 3 aromatic rings. The molecule has 15 heteroatoms. The second kappa shape index (κ2) is 15.9. The Bertz CT molecular complexity index is 1480. The van der Waals surface area contributed by atoms with E-state index in [0.717, 1.165) is 0 Å². The van der Waals surface area contributed by atoms with Crippen LogP contribution in [0.4, 0.5) is 10.7 Å². The van der Waals surface area contributed by atoms with Crippen LogP contribution in [0.3, 0.4) is 0 Å². The summed E-state index contributed by atoms with van der Waals surface area (Å²) in [4.78, 5) is 53.0. The van der Waals surface area contributed by atoms with Crippen molar-refractivity contribution >= 4 is 40.9 Å². The first-order chi connectivity index (χ1) is 20.7. The van der Waals surface area contributed by atoms with Crippen LogP contribution in [0.25, 0.3) is 11.0 Å². The second-order valence-corrected chi connectivity index (χ2v) is 9.17. The molecule has 0 saturated heterocycles. The highest BCUT2D eigenvalue weighted by molar-refractivity contribution is 6.04. The fraction of sp³-hybridized carbons (Fsp3) is 0.429. The van der Waals surface area contributed by atoms with Gasteiger partial charge in [-0.1, -0.05) is 12.2 Å². The highest BCUT2D eigenvalue weighted by Crippen LogP contribution is 2.31. The van der Waals surface area contributed by atoms with Crippen LogP contribution in [0.1, 0.15) is 53.2 Å². The van der Waals surface area contributed by atoms with Crippen LogP contribution in [-0.4, -0.2) is 81.3 Å². The SMILES string of the molecule is CCOC(=O)CCNC(=O)OCCCOc1cc(C(N)=O)cc2nc(NC(=O)c3cc(C)nn3CC)n(C/C=C/CO)c12. The van der Waals surface area contributed by atoms with Crippen LogP contribution in [0.5, 0.6) is 5.75 Å². The number of carbonyl (C=O) groups is 4. The molecule has 43 heavy (non-hydrogen) atoms. The van der Waals surface area contributed by atoms with Crippen molar-refractivity contribution in [1.82, 2.24) is 24.6 Å². The predicted octanol–water partition coefficient (Wildman–Crippen LogP) is 1.91. The van der Waals surface area contributed by atoms with Crippen LogP contribution in [0.15, 0.2) is 30.4 Å². The third kappa shape index (κ3) is 9.03. The number of fused-ring (bicyclic) bond motifs is 1. The number of carbonyl (C=O) groups excluding carboxylic acids is 4. The van der Waals surface area contributed by atoms with Crippen molar-refractivity contribution in [3.8, 4) is 5.75 Å². The van der Waals surface area contributed by atoms with Crippen molar-refractivity contribution < 1.29 is 38.5 Å². The number of nitrogens with one attached hydrogen (secondary N) is 2. The summed E-state index contributed by atoms with van der Waals surface area (Å²) in [5.74, 6) is -1.10. The molecule has 5 N–H and O–H groups in total. The van der Waals surface area contributed by atoms with E-state index < -0.39 is 23.9 Å². The number of benzene rings is 1. The Morgan fingerprint density at radius 2 is 1.88 bits per heavy atom. The molecule has 2 heterocycles. The van der Waals surface area contributed by atoms with Crippen molar-refractivity contribution in [2.45, 2.75) is 46.7 Å². The van der Waals surface area contributed by atoms with Crippen LogP contribution in [0.2, 0.25) is 0 Å². The summed E-state index contributed by atoms with van der Waals surface area (Å²) in [6.45, 7) is 6.34. The van der Waals surface area contributed by atoms with Gasteiger partial charge >= 0.3 is 12.1 Å². The van der Waals surface area contributed by atoms with Crippen molar-refractivity contribution in [3.63, 3.8) is 0 Å². The predicted molar refractivity (Wildman–Crippen MR) is 156 cm³/mol. The van der Waals surface area contributed by atoms with E-state index >= 15 is 0 Å². The van der Waals surface area contributed by atoms with Crippen LogP contribution >= 0.6 is 0 Å². The van der Waals surface area contributed by atoms with E-state index in [1.807, 2.05) is 6.92 Å². The zero-order chi connectivity index (χ0) is 31.4. The largest absolute Gasteiger partial charge is 0.491 e. The number of allylic oxidation sites excluding steroid dienone is 1. The summed E-state index contributed by atoms with van der Waals surface area (Å²) in [5.41, 5.74) is 7.55. The molecule has 0 fully saturated rings. The van der Waals surface area contributed by atoms with Gasteiger partial charge in [-0.3, -0.25) is 24.4 Å². The molecule has 0 radical (unpaired) electrons. The molecule has 0 aliphatic rings. The molecule has 0 saturated carbocycles. The van der Waals surface area contributed by atoms with Gasteiger partial charge in [0.05, 0.1) is 44.1 Å². The zero-order valence-corrected chi connectivity index (χ0v) is 24.4. The first-order valence-electron chi connectivity index (χ1n) is 13.8. The Morgan fingerprint density at radius 3 is 2.58 bits per heavy atom. The fourth-order valence-electron chi connectivity index (χ4n) is 4.10. The third-order valence-electron chi connectivity index (χ3n) is 5.99. The lowest BCUT2D eigenvalue weighted by Gasteiger charge is -2.13. The lowest BCUT2D eigenvalue weighted by molar-refractivity contribution is -0.142. The number of hydrogen-bond donors (Lipinski definition) is 4. The van der Waals surface area contributed by atoms with Gasteiger partial charge < -0.3 is 34.9 Å². The van der Waals surface area contributed by atoms with Gasteiger partial charge in [0.1, 0.15) is 17.0 Å². The first-order valence-corrected chi connectivity index (χ1v) is 13.8. The highest BCUT2D eigenvalue weighted by atomic mass is 16.6. The highest BCUT2D eigenvalue weighted by Gasteiger charge is 2.21. The number of esters is 1. The molecule has 2 aromatic heterocycles. The zero-order valence-electron chi connectivity index (χ0n) is 24.4. The quantitative estimate of drug-likeness (QED) is 0.107.